The largest absolute Gasteiger partial charge is 0.481 e. The van der Waals surface area contributed by atoms with E-state index in [4.69, 9.17) is 5.11 Å². The van der Waals surface area contributed by atoms with Crippen LogP contribution in [-0.4, -0.2) is 37.3 Å². The number of carboxylic acids is 1. The van der Waals surface area contributed by atoms with Crippen molar-refractivity contribution in [3.63, 3.8) is 0 Å². The summed E-state index contributed by atoms with van der Waals surface area (Å²) >= 11 is 0. The molecular formula is C30H37N2O2+. The van der Waals surface area contributed by atoms with Gasteiger partial charge in [-0.3, -0.25) is 4.79 Å². The summed E-state index contributed by atoms with van der Waals surface area (Å²) in [6, 6.07) is 7.50. The van der Waals surface area contributed by atoms with Gasteiger partial charge in [0.05, 0.1) is 0 Å². The van der Waals surface area contributed by atoms with E-state index >= 15 is 0 Å². The molecule has 0 bridgehead atoms. The molecule has 0 fully saturated rings. The van der Waals surface area contributed by atoms with Crippen molar-refractivity contribution < 1.29 is 9.90 Å². The number of fused-ring (bicyclic) bond motifs is 4. The van der Waals surface area contributed by atoms with Crippen molar-refractivity contribution in [2.75, 3.05) is 31.1 Å². The Hall–Kier alpha value is -2.62. The van der Waals surface area contributed by atoms with E-state index in [9.17, 15) is 4.79 Å². The average molecular weight is 458 g/mol. The molecule has 2 aromatic carbocycles. The minimum atomic E-state index is -0.697. The number of carboxylic acid groups (broad SMARTS) is 1. The number of carbonyl (C=O) groups is 1. The third kappa shape index (κ3) is 3.25. The standard InChI is InChI=1S/C30H36N2O2/c1-19-23-16-20-8-4-12-31(13-7-11-27(33)34)26(20)18-25(23)30(2,3)28-22-10-6-15-32-14-5-9-21(29(22)32)17-24(19)28/h16-18H,4-15H2,1-3H3/p+1. The zero-order valence-electron chi connectivity index (χ0n) is 21.0. The van der Waals surface area contributed by atoms with Gasteiger partial charge < -0.3 is 10.0 Å². The van der Waals surface area contributed by atoms with E-state index in [1.54, 1.807) is 22.0 Å². The Kier molecular flexibility index (Phi) is 5.13. The molecule has 1 aliphatic carbocycles. The van der Waals surface area contributed by atoms with Crippen LogP contribution in [-0.2, 0) is 29.5 Å². The van der Waals surface area contributed by atoms with E-state index < -0.39 is 5.97 Å². The molecule has 34 heavy (non-hydrogen) atoms. The molecule has 0 saturated carbocycles. The highest BCUT2D eigenvalue weighted by atomic mass is 16.4. The van der Waals surface area contributed by atoms with Gasteiger partial charge in [0, 0.05) is 54.6 Å². The highest BCUT2D eigenvalue weighted by Gasteiger charge is 2.38. The number of aryl methyl sites for hydroxylation is 2. The van der Waals surface area contributed by atoms with E-state index in [0.29, 0.717) is 6.42 Å². The van der Waals surface area contributed by atoms with Gasteiger partial charge in [-0.25, -0.2) is 4.58 Å². The smallest absolute Gasteiger partial charge is 0.303 e. The second-order valence-electron chi connectivity index (χ2n) is 11.3. The summed E-state index contributed by atoms with van der Waals surface area (Å²) in [5.74, 6) is -0.697. The maximum Gasteiger partial charge on any atom is 0.303 e. The van der Waals surface area contributed by atoms with Gasteiger partial charge in [-0.15, -0.1) is 0 Å². The molecule has 4 heteroatoms. The van der Waals surface area contributed by atoms with Gasteiger partial charge in [0.25, 0.3) is 0 Å². The van der Waals surface area contributed by atoms with Crippen LogP contribution in [0.3, 0.4) is 0 Å². The molecule has 3 heterocycles. The number of hydrogen-bond acceptors (Lipinski definition) is 2. The lowest BCUT2D eigenvalue weighted by Gasteiger charge is -2.39. The molecule has 0 unspecified atom stereocenters. The van der Waals surface area contributed by atoms with Crippen molar-refractivity contribution >= 4 is 17.2 Å². The molecule has 6 rings (SSSR count). The molecule has 0 saturated heterocycles. The molecule has 4 aliphatic rings. The fourth-order valence-corrected chi connectivity index (χ4v) is 7.34. The first kappa shape index (κ1) is 21.9. The summed E-state index contributed by atoms with van der Waals surface area (Å²) in [5.41, 5.74) is 11.8. The fraction of sp³-hybridized carbons (Fsp3) is 0.533. The first-order valence-corrected chi connectivity index (χ1v) is 13.3. The van der Waals surface area contributed by atoms with Crippen molar-refractivity contribution in [1.29, 1.82) is 0 Å². The Bertz CT molecular complexity index is 1330. The van der Waals surface area contributed by atoms with Crippen LogP contribution in [0.5, 0.6) is 0 Å². The van der Waals surface area contributed by atoms with Crippen LogP contribution in [0.2, 0.25) is 0 Å². The summed E-state index contributed by atoms with van der Waals surface area (Å²) < 4.78 is 2.66. The molecule has 0 atom stereocenters. The number of aliphatic carboxylic acids is 1. The number of nitrogens with zero attached hydrogens (tertiary/aromatic N) is 2. The maximum atomic E-state index is 11.1. The van der Waals surface area contributed by atoms with E-state index in [0.717, 1.165) is 25.9 Å². The van der Waals surface area contributed by atoms with Gasteiger partial charge in [-0.05, 0) is 90.3 Å². The molecule has 0 radical (unpaired) electrons. The topological polar surface area (TPSA) is 43.6 Å². The second-order valence-corrected chi connectivity index (χ2v) is 11.3. The Morgan fingerprint density at radius 2 is 1.82 bits per heavy atom. The summed E-state index contributed by atoms with van der Waals surface area (Å²) in [7, 11) is 0. The first-order chi connectivity index (χ1) is 16.4. The van der Waals surface area contributed by atoms with Gasteiger partial charge in [0.15, 0.2) is 0 Å². The van der Waals surface area contributed by atoms with E-state index in [1.165, 1.54) is 71.9 Å². The van der Waals surface area contributed by atoms with E-state index in [2.05, 4.69) is 48.4 Å². The molecular weight excluding hydrogens is 420 g/mol. The minimum absolute atomic E-state index is 0.0474. The van der Waals surface area contributed by atoms with Crippen LogP contribution < -0.4 is 20.1 Å². The van der Waals surface area contributed by atoms with E-state index in [-0.39, 0.29) is 11.8 Å². The molecule has 0 spiro atoms. The van der Waals surface area contributed by atoms with Crippen LogP contribution in [0, 0.1) is 0 Å². The summed E-state index contributed by atoms with van der Waals surface area (Å²) in [5, 5.41) is 12.2. The molecule has 3 aliphatic heterocycles. The quantitative estimate of drug-likeness (QED) is 0.714. The molecule has 0 amide bonds. The predicted octanol–water partition coefficient (Wildman–Crippen LogP) is 3.55. The van der Waals surface area contributed by atoms with Crippen LogP contribution >= 0.6 is 0 Å². The molecule has 0 aromatic heterocycles. The normalized spacial score (nSPS) is 19.8. The minimum Gasteiger partial charge on any atom is -0.481 e. The second kappa shape index (κ2) is 7.96. The lowest BCUT2D eigenvalue weighted by atomic mass is 9.66. The van der Waals surface area contributed by atoms with Crippen molar-refractivity contribution in [3.8, 4) is 0 Å². The van der Waals surface area contributed by atoms with Gasteiger partial charge in [-0.1, -0.05) is 13.8 Å². The Balaban J connectivity index is 1.55. The number of hydrogen-bond donors (Lipinski definition) is 1. The molecule has 178 valence electrons. The highest BCUT2D eigenvalue weighted by Crippen LogP contribution is 2.43. The Morgan fingerprint density at radius 1 is 1.06 bits per heavy atom. The fourth-order valence-electron chi connectivity index (χ4n) is 7.34. The van der Waals surface area contributed by atoms with Crippen LogP contribution in [0.25, 0.3) is 5.57 Å². The molecule has 4 nitrogen and oxygen atoms in total. The summed E-state index contributed by atoms with van der Waals surface area (Å²) in [6.07, 6.45) is 8.14. The van der Waals surface area contributed by atoms with Crippen molar-refractivity contribution in [1.82, 2.24) is 4.58 Å². The van der Waals surface area contributed by atoms with Gasteiger partial charge in [0.1, 0.15) is 13.1 Å². The number of rotatable bonds is 4. The van der Waals surface area contributed by atoms with Crippen molar-refractivity contribution in [3.05, 3.63) is 62.2 Å². The van der Waals surface area contributed by atoms with Crippen LogP contribution in [0.1, 0.15) is 86.3 Å². The van der Waals surface area contributed by atoms with Gasteiger partial charge >= 0.3 is 5.97 Å². The van der Waals surface area contributed by atoms with Gasteiger partial charge in [0.2, 0.25) is 5.36 Å². The monoisotopic (exact) mass is 457 g/mol. The van der Waals surface area contributed by atoms with Crippen molar-refractivity contribution in [2.45, 2.75) is 77.6 Å². The average Bonchev–Trinajstić information content (AvgIpc) is 2.82. The lowest BCUT2D eigenvalue weighted by Crippen LogP contribution is -2.48. The third-order valence-electron chi connectivity index (χ3n) is 8.88. The van der Waals surface area contributed by atoms with Gasteiger partial charge in [-0.2, -0.15) is 0 Å². The Morgan fingerprint density at radius 3 is 2.62 bits per heavy atom. The maximum absolute atomic E-state index is 11.1. The van der Waals surface area contributed by atoms with E-state index in [1.807, 2.05) is 0 Å². The SMILES string of the molecule is CC1=c2cc3c4c(c2C(C)(C)c2cc5c(cc21)CCCN5CCCC(=O)O)CCC[N+]=4CCC3. The molecule has 2 aromatic rings. The van der Waals surface area contributed by atoms with Crippen LogP contribution in [0.15, 0.2) is 18.2 Å². The summed E-state index contributed by atoms with van der Waals surface area (Å²) in [4.78, 5) is 13.5. The zero-order chi connectivity index (χ0) is 23.6. The van der Waals surface area contributed by atoms with Crippen molar-refractivity contribution in [2.24, 2.45) is 0 Å². The third-order valence-corrected chi connectivity index (χ3v) is 8.88. The molecule has 1 N–H and O–H groups in total. The highest BCUT2D eigenvalue weighted by molar-refractivity contribution is 5.78. The predicted molar refractivity (Wildman–Crippen MR) is 137 cm³/mol. The number of benzene rings is 2. The Labute approximate surface area is 202 Å². The lowest BCUT2D eigenvalue weighted by molar-refractivity contribution is -0.137. The number of anilines is 1. The zero-order valence-corrected chi connectivity index (χ0v) is 21.0. The summed E-state index contributed by atoms with van der Waals surface area (Å²) in [6.45, 7) is 11.5. The first-order valence-electron chi connectivity index (χ1n) is 13.3. The van der Waals surface area contributed by atoms with Crippen LogP contribution in [0.4, 0.5) is 5.69 Å².